The van der Waals surface area contributed by atoms with Crippen molar-refractivity contribution in [2.45, 2.75) is 40.2 Å². The quantitative estimate of drug-likeness (QED) is 0.848. The molecule has 1 amide bonds. The number of carbonyl (C=O) groups is 2. The smallest absolute Gasteiger partial charge is 0.338 e. The van der Waals surface area contributed by atoms with Crippen LogP contribution in [0.4, 0.5) is 0 Å². The van der Waals surface area contributed by atoms with Crippen LogP contribution in [0.2, 0.25) is 0 Å². The number of nitrogens with one attached hydrogen (secondary N) is 1. The molecule has 0 aliphatic heterocycles. The Hall–Kier alpha value is -2.35. The molecule has 0 aliphatic carbocycles. The lowest BCUT2D eigenvalue weighted by molar-refractivity contribution is -0.125. The molecule has 0 heterocycles. The van der Waals surface area contributed by atoms with Gasteiger partial charge in [-0.05, 0) is 49.9 Å². The fraction of sp³-hybridized carbons (Fsp3) is 0.471. The van der Waals surface area contributed by atoms with E-state index in [2.05, 4.69) is 11.4 Å². The van der Waals surface area contributed by atoms with Gasteiger partial charge >= 0.3 is 5.97 Å². The van der Waals surface area contributed by atoms with Gasteiger partial charge in [0.2, 0.25) is 0 Å². The molecule has 1 rings (SSSR count). The van der Waals surface area contributed by atoms with Crippen LogP contribution in [0, 0.1) is 31.1 Å². The Morgan fingerprint density at radius 3 is 2.45 bits per heavy atom. The highest BCUT2D eigenvalue weighted by Crippen LogP contribution is 2.15. The number of hydrogen-bond acceptors (Lipinski definition) is 4. The number of esters is 1. The molecule has 0 fully saturated rings. The van der Waals surface area contributed by atoms with E-state index < -0.39 is 24.0 Å². The fourth-order valence-corrected chi connectivity index (χ4v) is 1.71. The lowest BCUT2D eigenvalue weighted by Gasteiger charge is -2.27. The normalized spacial score (nSPS) is 13.1. The van der Waals surface area contributed by atoms with E-state index in [-0.39, 0.29) is 5.92 Å². The average Bonchev–Trinajstić information content (AvgIpc) is 2.47. The van der Waals surface area contributed by atoms with E-state index in [0.717, 1.165) is 11.1 Å². The van der Waals surface area contributed by atoms with Crippen LogP contribution in [-0.4, -0.2) is 24.0 Å². The molecule has 0 spiro atoms. The average molecular weight is 302 g/mol. The van der Waals surface area contributed by atoms with Crippen molar-refractivity contribution >= 4 is 11.9 Å². The van der Waals surface area contributed by atoms with Crippen LogP contribution in [0.1, 0.15) is 42.3 Å². The number of carbonyl (C=O) groups excluding carboxylic acids is 2. The van der Waals surface area contributed by atoms with Crippen molar-refractivity contribution in [1.29, 1.82) is 5.26 Å². The minimum absolute atomic E-state index is 0.0584. The topological polar surface area (TPSA) is 79.2 Å². The van der Waals surface area contributed by atoms with Crippen LogP contribution < -0.4 is 5.32 Å². The molecule has 118 valence electrons. The molecule has 0 aliphatic rings. The second-order valence-electron chi connectivity index (χ2n) is 5.89. The van der Waals surface area contributed by atoms with Crippen molar-refractivity contribution in [1.82, 2.24) is 5.32 Å². The van der Waals surface area contributed by atoms with Crippen LogP contribution in [0.25, 0.3) is 0 Å². The maximum absolute atomic E-state index is 11.9. The van der Waals surface area contributed by atoms with Crippen molar-refractivity contribution in [3.63, 3.8) is 0 Å². The molecule has 0 bridgehead atoms. The standard InChI is InChI=1S/C17H22N2O3/c1-11(2)17(5,10-18)19-15(20)9-22-16(21)14-7-6-12(3)13(4)8-14/h6-8,11H,9H2,1-5H3,(H,19,20). The number of benzene rings is 1. The van der Waals surface area contributed by atoms with E-state index in [4.69, 9.17) is 10.00 Å². The van der Waals surface area contributed by atoms with E-state index in [1.807, 2.05) is 33.8 Å². The van der Waals surface area contributed by atoms with Gasteiger partial charge in [0.1, 0.15) is 5.54 Å². The van der Waals surface area contributed by atoms with Gasteiger partial charge in [0.15, 0.2) is 6.61 Å². The maximum Gasteiger partial charge on any atom is 0.338 e. The summed E-state index contributed by atoms with van der Waals surface area (Å²) in [6, 6.07) is 7.29. The first-order valence-corrected chi connectivity index (χ1v) is 7.16. The van der Waals surface area contributed by atoms with Crippen molar-refractivity contribution in [2.75, 3.05) is 6.61 Å². The van der Waals surface area contributed by atoms with E-state index in [0.29, 0.717) is 5.56 Å². The second-order valence-corrected chi connectivity index (χ2v) is 5.89. The number of rotatable bonds is 5. The molecule has 5 nitrogen and oxygen atoms in total. The van der Waals surface area contributed by atoms with E-state index >= 15 is 0 Å². The predicted octanol–water partition coefficient (Wildman–Crippen LogP) is 2.51. The van der Waals surface area contributed by atoms with Gasteiger partial charge in [0, 0.05) is 0 Å². The Kier molecular flexibility index (Phi) is 5.69. The van der Waals surface area contributed by atoms with E-state index in [1.165, 1.54) is 0 Å². The van der Waals surface area contributed by atoms with E-state index in [1.54, 1.807) is 19.1 Å². The molecule has 0 saturated heterocycles. The molecule has 5 heteroatoms. The third-order valence-corrected chi connectivity index (χ3v) is 3.86. The minimum Gasteiger partial charge on any atom is -0.452 e. The summed E-state index contributed by atoms with van der Waals surface area (Å²) in [5.41, 5.74) is 1.49. The zero-order valence-electron chi connectivity index (χ0n) is 13.7. The fourth-order valence-electron chi connectivity index (χ4n) is 1.71. The summed E-state index contributed by atoms with van der Waals surface area (Å²) in [5.74, 6) is -1.10. The van der Waals surface area contributed by atoms with Crippen LogP contribution >= 0.6 is 0 Å². The summed E-state index contributed by atoms with van der Waals surface area (Å²) >= 11 is 0. The second kappa shape index (κ2) is 7.08. The van der Waals surface area contributed by atoms with Gasteiger partial charge in [-0.15, -0.1) is 0 Å². The molecule has 1 unspecified atom stereocenters. The first-order valence-electron chi connectivity index (χ1n) is 7.16. The maximum atomic E-state index is 11.9. The Morgan fingerprint density at radius 1 is 1.32 bits per heavy atom. The van der Waals surface area contributed by atoms with Gasteiger partial charge in [0.25, 0.3) is 5.91 Å². The minimum atomic E-state index is -0.982. The largest absolute Gasteiger partial charge is 0.452 e. The third kappa shape index (κ3) is 4.32. The Labute approximate surface area is 131 Å². The first-order chi connectivity index (χ1) is 10.2. The number of aryl methyl sites for hydroxylation is 2. The molecule has 22 heavy (non-hydrogen) atoms. The number of amides is 1. The number of hydrogen-bond donors (Lipinski definition) is 1. The van der Waals surface area contributed by atoms with Crippen LogP contribution in [0.15, 0.2) is 18.2 Å². The molecule has 1 N–H and O–H groups in total. The molecule has 1 aromatic carbocycles. The van der Waals surface area contributed by atoms with Gasteiger partial charge < -0.3 is 10.1 Å². The molecule has 1 aromatic rings. The molecule has 0 aromatic heterocycles. The molecule has 0 saturated carbocycles. The number of ether oxygens (including phenoxy) is 1. The van der Waals surface area contributed by atoms with Crippen molar-refractivity contribution in [2.24, 2.45) is 5.92 Å². The summed E-state index contributed by atoms with van der Waals surface area (Å²) in [7, 11) is 0. The number of nitriles is 1. The summed E-state index contributed by atoms with van der Waals surface area (Å²) in [6.45, 7) is 8.76. The monoisotopic (exact) mass is 302 g/mol. The van der Waals surface area contributed by atoms with Gasteiger partial charge in [-0.3, -0.25) is 4.79 Å². The summed E-state index contributed by atoms with van der Waals surface area (Å²) in [6.07, 6.45) is 0. The Bertz CT molecular complexity index is 617. The zero-order chi connectivity index (χ0) is 16.9. The first kappa shape index (κ1) is 17.7. The van der Waals surface area contributed by atoms with Crippen molar-refractivity contribution in [3.8, 4) is 6.07 Å². The zero-order valence-corrected chi connectivity index (χ0v) is 13.7. The molecule has 1 atom stereocenters. The lowest BCUT2D eigenvalue weighted by Crippen LogP contribution is -2.50. The van der Waals surface area contributed by atoms with Gasteiger partial charge in [-0.2, -0.15) is 5.26 Å². The van der Waals surface area contributed by atoms with Gasteiger partial charge in [0.05, 0.1) is 11.6 Å². The van der Waals surface area contributed by atoms with Gasteiger partial charge in [-0.1, -0.05) is 19.9 Å². The molecular formula is C17H22N2O3. The molecule has 0 radical (unpaired) electrons. The van der Waals surface area contributed by atoms with Crippen LogP contribution in [0.5, 0.6) is 0 Å². The van der Waals surface area contributed by atoms with Crippen LogP contribution in [-0.2, 0) is 9.53 Å². The summed E-state index contributed by atoms with van der Waals surface area (Å²) in [5, 5.41) is 11.7. The Balaban J connectivity index is 2.62. The highest BCUT2D eigenvalue weighted by molar-refractivity contribution is 5.91. The van der Waals surface area contributed by atoms with Crippen molar-refractivity contribution in [3.05, 3.63) is 34.9 Å². The SMILES string of the molecule is Cc1ccc(C(=O)OCC(=O)NC(C)(C#N)C(C)C)cc1C. The summed E-state index contributed by atoms with van der Waals surface area (Å²) < 4.78 is 4.99. The Morgan fingerprint density at radius 2 is 1.95 bits per heavy atom. The predicted molar refractivity (Wildman–Crippen MR) is 83.2 cm³/mol. The third-order valence-electron chi connectivity index (χ3n) is 3.86. The molecular weight excluding hydrogens is 280 g/mol. The highest BCUT2D eigenvalue weighted by Gasteiger charge is 2.30. The highest BCUT2D eigenvalue weighted by atomic mass is 16.5. The number of nitrogens with zero attached hydrogens (tertiary/aromatic N) is 1. The van der Waals surface area contributed by atoms with Crippen molar-refractivity contribution < 1.29 is 14.3 Å². The van der Waals surface area contributed by atoms with Gasteiger partial charge in [-0.25, -0.2) is 4.79 Å². The van der Waals surface area contributed by atoms with Crippen LogP contribution in [0.3, 0.4) is 0 Å². The summed E-state index contributed by atoms with van der Waals surface area (Å²) in [4.78, 5) is 23.8. The van der Waals surface area contributed by atoms with E-state index in [9.17, 15) is 9.59 Å². The lowest BCUT2D eigenvalue weighted by atomic mass is 9.90.